The van der Waals surface area contributed by atoms with Crippen LogP contribution >= 0.6 is 0 Å². The van der Waals surface area contributed by atoms with Crippen LogP contribution in [0.1, 0.15) is 52.1 Å². The molecule has 3 heterocycles. The van der Waals surface area contributed by atoms with Crippen LogP contribution in [-0.2, 0) is 10.0 Å². The number of hydrogen-bond acceptors (Lipinski definition) is 8. The number of sulfonamides is 1. The maximum absolute atomic E-state index is 12.9. The molecule has 0 spiro atoms. The average Bonchev–Trinajstić information content (AvgIpc) is 3.57. The highest BCUT2D eigenvalue weighted by Gasteiger charge is 2.25. The van der Waals surface area contributed by atoms with Crippen molar-refractivity contribution in [3.8, 4) is 5.82 Å². The first-order valence-electron chi connectivity index (χ1n) is 11.7. The van der Waals surface area contributed by atoms with E-state index in [9.17, 15) is 18.0 Å². The molecule has 11 nitrogen and oxygen atoms in total. The molecule has 2 N–H and O–H groups in total. The molecule has 3 aromatic heterocycles. The van der Waals surface area contributed by atoms with E-state index < -0.39 is 21.8 Å². The highest BCUT2D eigenvalue weighted by molar-refractivity contribution is 7.90. The molecule has 190 valence electrons. The van der Waals surface area contributed by atoms with Crippen molar-refractivity contribution >= 4 is 21.8 Å². The first-order chi connectivity index (χ1) is 17.2. The summed E-state index contributed by atoms with van der Waals surface area (Å²) in [6.07, 6.45) is 10.0. The Hall–Kier alpha value is -3.64. The highest BCUT2D eigenvalue weighted by atomic mass is 32.2. The molecule has 0 saturated heterocycles. The lowest BCUT2D eigenvalue weighted by molar-refractivity contribution is 0.0949. The summed E-state index contributed by atoms with van der Waals surface area (Å²) in [7, 11) is -2.16. The van der Waals surface area contributed by atoms with Crippen LogP contribution in [-0.4, -0.2) is 71.1 Å². The molecule has 12 heteroatoms. The van der Waals surface area contributed by atoms with Crippen LogP contribution in [0, 0.1) is 6.92 Å². The molecule has 0 aliphatic heterocycles. The third-order valence-electron chi connectivity index (χ3n) is 5.98. The van der Waals surface area contributed by atoms with E-state index in [1.54, 1.807) is 25.4 Å². The monoisotopic (exact) mass is 511 g/mol. The molecule has 1 aliphatic carbocycles. The van der Waals surface area contributed by atoms with E-state index in [0.717, 1.165) is 25.6 Å². The minimum Gasteiger partial charge on any atom is -0.352 e. The molecular weight excluding hydrogens is 482 g/mol. The zero-order valence-corrected chi connectivity index (χ0v) is 21.0. The summed E-state index contributed by atoms with van der Waals surface area (Å²) < 4.78 is 29.3. The molecule has 36 heavy (non-hydrogen) atoms. The summed E-state index contributed by atoms with van der Waals surface area (Å²) >= 11 is 0. The number of unbranched alkanes of at least 4 members (excludes halogenated alkanes) is 1. The van der Waals surface area contributed by atoms with Crippen LogP contribution in [0.2, 0.25) is 0 Å². The Balaban J connectivity index is 1.38. The first kappa shape index (κ1) is 25.5. The van der Waals surface area contributed by atoms with E-state index in [1.807, 2.05) is 4.72 Å². The summed E-state index contributed by atoms with van der Waals surface area (Å²) in [6.45, 7) is 3.09. The summed E-state index contributed by atoms with van der Waals surface area (Å²) in [5.41, 5.74) is 0.624. The lowest BCUT2D eigenvalue weighted by Gasteiger charge is -2.15. The number of aromatic nitrogens is 4. The van der Waals surface area contributed by atoms with E-state index in [2.05, 4.69) is 32.3 Å². The van der Waals surface area contributed by atoms with Crippen molar-refractivity contribution in [2.75, 3.05) is 20.1 Å². The summed E-state index contributed by atoms with van der Waals surface area (Å²) in [5.74, 6) is -0.884. The normalized spacial score (nSPS) is 13.5. The maximum Gasteiger partial charge on any atom is 0.265 e. The van der Waals surface area contributed by atoms with Gasteiger partial charge in [-0.25, -0.2) is 22.8 Å². The summed E-state index contributed by atoms with van der Waals surface area (Å²) in [4.78, 5) is 35.6. The molecule has 0 atom stereocenters. The fraction of sp³-hybridized carbons (Fsp3) is 0.375. The molecule has 0 radical (unpaired) electrons. The predicted octanol–water partition coefficient (Wildman–Crippen LogP) is 1.69. The number of rotatable bonds is 11. The molecule has 1 fully saturated rings. The zero-order chi connectivity index (χ0) is 25.7. The molecule has 1 aliphatic rings. The fourth-order valence-electron chi connectivity index (χ4n) is 3.70. The Kier molecular flexibility index (Phi) is 7.75. The van der Waals surface area contributed by atoms with Gasteiger partial charge in [0.2, 0.25) is 0 Å². The summed E-state index contributed by atoms with van der Waals surface area (Å²) in [5, 5.41) is 6.88. The van der Waals surface area contributed by atoms with E-state index in [-0.39, 0.29) is 16.0 Å². The van der Waals surface area contributed by atoms with Gasteiger partial charge in [-0.1, -0.05) is 0 Å². The van der Waals surface area contributed by atoms with Crippen LogP contribution in [0.25, 0.3) is 5.82 Å². The first-order valence-corrected chi connectivity index (χ1v) is 13.2. The van der Waals surface area contributed by atoms with Gasteiger partial charge in [0, 0.05) is 42.9 Å². The molecule has 2 amide bonds. The fourth-order valence-corrected chi connectivity index (χ4v) is 4.65. The third-order valence-corrected chi connectivity index (χ3v) is 7.28. The Bertz CT molecular complexity index is 1340. The number of aryl methyl sites for hydroxylation is 1. The number of hydrogen-bond donors (Lipinski definition) is 2. The minimum atomic E-state index is -4.28. The predicted molar refractivity (Wildman–Crippen MR) is 132 cm³/mol. The van der Waals surface area contributed by atoms with Crippen LogP contribution < -0.4 is 10.0 Å². The van der Waals surface area contributed by atoms with Crippen LogP contribution in [0.3, 0.4) is 0 Å². The molecule has 0 bridgehead atoms. The van der Waals surface area contributed by atoms with E-state index in [4.69, 9.17) is 0 Å². The second-order valence-corrected chi connectivity index (χ2v) is 10.4. The Morgan fingerprint density at radius 1 is 1.14 bits per heavy atom. The minimum absolute atomic E-state index is 0.0874. The smallest absolute Gasteiger partial charge is 0.265 e. The number of pyridine rings is 2. The average molecular weight is 512 g/mol. The van der Waals surface area contributed by atoms with Gasteiger partial charge in [-0.05, 0) is 70.5 Å². The van der Waals surface area contributed by atoms with Crippen molar-refractivity contribution in [1.29, 1.82) is 0 Å². The molecule has 1 saturated carbocycles. The highest BCUT2D eigenvalue weighted by Crippen LogP contribution is 2.25. The number of carbonyl (C=O) groups is 2. The van der Waals surface area contributed by atoms with Crippen molar-refractivity contribution in [2.24, 2.45) is 0 Å². The largest absolute Gasteiger partial charge is 0.352 e. The van der Waals surface area contributed by atoms with Crippen molar-refractivity contribution < 1.29 is 18.0 Å². The number of nitrogens with zero attached hydrogens (tertiary/aromatic N) is 5. The molecule has 4 rings (SSSR count). The van der Waals surface area contributed by atoms with Crippen molar-refractivity contribution in [3.05, 3.63) is 65.9 Å². The van der Waals surface area contributed by atoms with Gasteiger partial charge in [0.1, 0.15) is 4.90 Å². The van der Waals surface area contributed by atoms with Crippen molar-refractivity contribution in [1.82, 2.24) is 34.7 Å². The maximum atomic E-state index is 12.9. The third kappa shape index (κ3) is 6.32. The second-order valence-electron chi connectivity index (χ2n) is 8.77. The van der Waals surface area contributed by atoms with E-state index in [1.165, 1.54) is 41.9 Å². The number of amides is 2. The van der Waals surface area contributed by atoms with Gasteiger partial charge in [0.05, 0.1) is 11.3 Å². The van der Waals surface area contributed by atoms with Crippen LogP contribution in [0.5, 0.6) is 0 Å². The quantitative estimate of drug-likeness (QED) is 0.371. The van der Waals surface area contributed by atoms with Gasteiger partial charge in [-0.15, -0.1) is 0 Å². The van der Waals surface area contributed by atoms with Gasteiger partial charge in [0.25, 0.3) is 21.8 Å². The van der Waals surface area contributed by atoms with Gasteiger partial charge >= 0.3 is 0 Å². The van der Waals surface area contributed by atoms with Crippen LogP contribution in [0.15, 0.2) is 53.9 Å². The lowest BCUT2D eigenvalue weighted by atomic mass is 10.2. The summed E-state index contributed by atoms with van der Waals surface area (Å²) in [6, 6.07) is 6.45. The Morgan fingerprint density at radius 3 is 2.67 bits per heavy atom. The van der Waals surface area contributed by atoms with Gasteiger partial charge < -0.3 is 10.2 Å². The van der Waals surface area contributed by atoms with E-state index >= 15 is 0 Å². The second kappa shape index (κ2) is 11.0. The van der Waals surface area contributed by atoms with Gasteiger partial charge in [-0.3, -0.25) is 14.6 Å². The van der Waals surface area contributed by atoms with Crippen molar-refractivity contribution in [3.63, 3.8) is 0 Å². The lowest BCUT2D eigenvalue weighted by Crippen LogP contribution is -2.31. The molecule has 0 aromatic carbocycles. The number of nitrogens with one attached hydrogen (secondary N) is 2. The SMILES string of the molecule is Cc1ncc(S(=O)(=O)NC(=O)c2ccnc(-n3cccn3)c2)cc1C(=O)NCCCCN(C)C1CC1. The zero-order valence-electron chi connectivity index (χ0n) is 20.2. The Labute approximate surface area is 210 Å². The van der Waals surface area contributed by atoms with Gasteiger partial charge in [0.15, 0.2) is 5.82 Å². The molecule has 3 aromatic rings. The molecule has 0 unspecified atom stereocenters. The Morgan fingerprint density at radius 2 is 1.94 bits per heavy atom. The van der Waals surface area contributed by atoms with Crippen molar-refractivity contribution in [2.45, 2.75) is 43.5 Å². The van der Waals surface area contributed by atoms with E-state index in [0.29, 0.717) is 24.1 Å². The van der Waals surface area contributed by atoms with Crippen LogP contribution in [0.4, 0.5) is 0 Å². The molecular formula is C24H29N7O4S. The number of carbonyl (C=O) groups excluding carboxylic acids is 2. The standard InChI is InChI=1S/C24H29N7O4S/c1-17-21(24(33)26-9-3-4-12-30(2)19-6-7-19)15-20(16-27-17)36(34,35)29-23(32)18-8-11-25-22(14-18)31-13-5-10-28-31/h5,8,10-11,13-16,19H,3-4,6-7,9,12H2,1-2H3,(H,26,33)(H,29,32). The van der Waals surface area contributed by atoms with Gasteiger partial charge in [-0.2, -0.15) is 5.10 Å². The topological polar surface area (TPSA) is 139 Å².